The molecule has 2 aromatic heterocycles. The van der Waals surface area contributed by atoms with Gasteiger partial charge >= 0.3 is 5.69 Å². The lowest BCUT2D eigenvalue weighted by atomic mass is 10.1. The van der Waals surface area contributed by atoms with E-state index in [4.69, 9.17) is 4.98 Å². The van der Waals surface area contributed by atoms with Gasteiger partial charge in [-0.25, -0.2) is 9.78 Å². The molecule has 1 N–H and O–H groups in total. The highest BCUT2D eigenvalue weighted by Gasteiger charge is 2.21. The van der Waals surface area contributed by atoms with Crippen LogP contribution in [0.4, 0.5) is 5.69 Å². The van der Waals surface area contributed by atoms with Crippen LogP contribution < -0.4 is 11.0 Å². The number of benzene rings is 3. The maximum absolute atomic E-state index is 13.3. The van der Waals surface area contributed by atoms with E-state index in [0.717, 1.165) is 27.2 Å². The third kappa shape index (κ3) is 3.42. The van der Waals surface area contributed by atoms with Crippen LogP contribution in [-0.4, -0.2) is 20.0 Å². The number of nitrogens with zero attached hydrogens (tertiary/aromatic N) is 3. The van der Waals surface area contributed by atoms with Gasteiger partial charge < -0.3 is 5.32 Å². The van der Waals surface area contributed by atoms with Crippen LogP contribution in [0.1, 0.15) is 9.67 Å². The molecule has 0 aliphatic rings. The number of amides is 1. The van der Waals surface area contributed by atoms with Crippen molar-refractivity contribution in [3.63, 3.8) is 0 Å². The van der Waals surface area contributed by atoms with E-state index in [1.165, 1.54) is 11.3 Å². The zero-order chi connectivity index (χ0) is 22.2. The summed E-state index contributed by atoms with van der Waals surface area (Å²) in [5.74, 6) is -0.233. The predicted molar refractivity (Wildman–Crippen MR) is 129 cm³/mol. The largest absolute Gasteiger partial charge is 0.328 e. The van der Waals surface area contributed by atoms with E-state index >= 15 is 0 Å². The molecule has 0 saturated heterocycles. The van der Waals surface area contributed by atoms with Gasteiger partial charge in [-0.3, -0.25) is 13.9 Å². The van der Waals surface area contributed by atoms with Crippen LogP contribution in [0.2, 0.25) is 0 Å². The minimum absolute atomic E-state index is 0.107. The van der Waals surface area contributed by atoms with Crippen molar-refractivity contribution >= 4 is 34.0 Å². The number of carbonyl (C=O) groups excluding carboxylic acids is 1. The summed E-state index contributed by atoms with van der Waals surface area (Å²) in [6.45, 7) is 0. The first-order valence-corrected chi connectivity index (χ1v) is 10.9. The van der Waals surface area contributed by atoms with Crippen molar-refractivity contribution in [3.05, 3.63) is 94.2 Å². The molecule has 2 heterocycles. The molecule has 32 heavy (non-hydrogen) atoms. The maximum Gasteiger partial charge on any atom is 0.328 e. The number of nitrogens with one attached hydrogen (secondary N) is 1. The number of imidazole rings is 1. The van der Waals surface area contributed by atoms with E-state index in [2.05, 4.69) is 5.32 Å². The van der Waals surface area contributed by atoms with Crippen molar-refractivity contribution in [3.8, 4) is 21.8 Å². The predicted octanol–water partition coefficient (Wildman–Crippen LogP) is 4.92. The Hall–Kier alpha value is -3.97. The normalized spacial score (nSPS) is 11.1. The Labute approximate surface area is 188 Å². The monoisotopic (exact) mass is 440 g/mol. The van der Waals surface area contributed by atoms with E-state index in [1.807, 2.05) is 72.8 Å². The van der Waals surface area contributed by atoms with E-state index in [-0.39, 0.29) is 11.6 Å². The second-order valence-electron chi connectivity index (χ2n) is 7.49. The molecule has 0 fully saturated rings. The summed E-state index contributed by atoms with van der Waals surface area (Å²) < 4.78 is 3.16. The molecule has 158 valence electrons. The lowest BCUT2D eigenvalue weighted by molar-refractivity contribution is 0.103. The number of hydrogen-bond donors (Lipinski definition) is 1. The molecule has 0 spiro atoms. The molecule has 0 bridgehead atoms. The van der Waals surface area contributed by atoms with E-state index in [9.17, 15) is 9.59 Å². The minimum Gasteiger partial charge on any atom is -0.321 e. The summed E-state index contributed by atoms with van der Waals surface area (Å²) >= 11 is 1.37. The highest BCUT2D eigenvalue weighted by Crippen LogP contribution is 2.34. The van der Waals surface area contributed by atoms with Crippen LogP contribution in [0, 0.1) is 0 Å². The molecule has 1 amide bonds. The standard InChI is InChI=1S/C25H20N4O2S/c1-28-19-14-13-18(15-20(19)29(2)25(28)31)26-23(30)22-21(16-9-5-3-6-10-16)27-24(32-22)17-11-7-4-8-12-17/h3-15H,1-2H3,(H,26,30). The fraction of sp³-hybridized carbons (Fsp3) is 0.0800. The van der Waals surface area contributed by atoms with Crippen molar-refractivity contribution in [1.29, 1.82) is 0 Å². The number of aryl methyl sites for hydroxylation is 2. The van der Waals surface area contributed by atoms with Crippen LogP contribution in [0.25, 0.3) is 32.9 Å². The summed E-state index contributed by atoms with van der Waals surface area (Å²) in [6.07, 6.45) is 0. The van der Waals surface area contributed by atoms with E-state index in [1.54, 1.807) is 29.3 Å². The Balaban J connectivity index is 1.56. The topological polar surface area (TPSA) is 68.9 Å². The van der Waals surface area contributed by atoms with Crippen LogP contribution in [0.15, 0.2) is 83.7 Å². The molecule has 5 rings (SSSR count). The first-order valence-electron chi connectivity index (χ1n) is 10.1. The first-order chi connectivity index (χ1) is 15.5. The van der Waals surface area contributed by atoms with Gasteiger partial charge in [0.1, 0.15) is 9.88 Å². The Kier molecular flexibility index (Phi) is 4.95. The van der Waals surface area contributed by atoms with Gasteiger partial charge in [-0.15, -0.1) is 11.3 Å². The van der Waals surface area contributed by atoms with Crippen molar-refractivity contribution in [1.82, 2.24) is 14.1 Å². The lowest BCUT2D eigenvalue weighted by Crippen LogP contribution is -2.19. The zero-order valence-electron chi connectivity index (χ0n) is 17.6. The average molecular weight is 441 g/mol. The van der Waals surface area contributed by atoms with Crippen molar-refractivity contribution in [2.75, 3.05) is 5.32 Å². The van der Waals surface area contributed by atoms with Gasteiger partial charge in [-0.2, -0.15) is 0 Å². The SMILES string of the molecule is Cn1c(=O)n(C)c2cc(NC(=O)c3sc(-c4ccccc4)nc3-c3ccccc3)ccc21. The molecule has 0 aliphatic carbocycles. The number of anilines is 1. The van der Waals surface area contributed by atoms with Gasteiger partial charge in [-0.05, 0) is 18.2 Å². The molecule has 0 saturated carbocycles. The smallest absolute Gasteiger partial charge is 0.321 e. The molecule has 0 unspecified atom stereocenters. The van der Waals surface area contributed by atoms with E-state index in [0.29, 0.717) is 16.3 Å². The fourth-order valence-corrected chi connectivity index (χ4v) is 4.73. The van der Waals surface area contributed by atoms with Gasteiger partial charge in [-0.1, -0.05) is 60.7 Å². The summed E-state index contributed by atoms with van der Waals surface area (Å²) in [4.78, 5) is 30.9. The van der Waals surface area contributed by atoms with Crippen molar-refractivity contribution in [2.24, 2.45) is 14.1 Å². The Morgan fingerprint density at radius 2 is 1.47 bits per heavy atom. The number of aromatic nitrogens is 3. The molecule has 7 heteroatoms. The van der Waals surface area contributed by atoms with Crippen molar-refractivity contribution in [2.45, 2.75) is 0 Å². The number of carbonyl (C=O) groups is 1. The van der Waals surface area contributed by atoms with Crippen LogP contribution in [-0.2, 0) is 14.1 Å². The molecule has 6 nitrogen and oxygen atoms in total. The van der Waals surface area contributed by atoms with Gasteiger partial charge in [0.2, 0.25) is 0 Å². The van der Waals surface area contributed by atoms with Crippen LogP contribution >= 0.6 is 11.3 Å². The number of thiazole rings is 1. The quantitative estimate of drug-likeness (QED) is 0.431. The lowest BCUT2D eigenvalue weighted by Gasteiger charge is -2.06. The number of rotatable bonds is 4. The van der Waals surface area contributed by atoms with Gasteiger partial charge in [0.15, 0.2) is 0 Å². The molecule has 0 aliphatic heterocycles. The number of fused-ring (bicyclic) bond motifs is 1. The second-order valence-corrected chi connectivity index (χ2v) is 8.49. The molecule has 5 aromatic rings. The summed E-state index contributed by atoms with van der Waals surface area (Å²) in [5, 5.41) is 3.78. The summed E-state index contributed by atoms with van der Waals surface area (Å²) in [6, 6.07) is 25.0. The molecule has 0 radical (unpaired) electrons. The third-order valence-electron chi connectivity index (χ3n) is 5.43. The Morgan fingerprint density at radius 1 is 0.844 bits per heavy atom. The summed E-state index contributed by atoms with van der Waals surface area (Å²) in [5.41, 5.74) is 4.59. The van der Waals surface area contributed by atoms with Gasteiger partial charge in [0, 0.05) is 30.9 Å². The third-order valence-corrected chi connectivity index (χ3v) is 6.53. The van der Waals surface area contributed by atoms with Gasteiger partial charge in [0.25, 0.3) is 5.91 Å². The number of hydrogen-bond acceptors (Lipinski definition) is 4. The highest BCUT2D eigenvalue weighted by atomic mass is 32.1. The molecular weight excluding hydrogens is 420 g/mol. The van der Waals surface area contributed by atoms with Crippen LogP contribution in [0.3, 0.4) is 0 Å². The maximum atomic E-state index is 13.3. The van der Waals surface area contributed by atoms with Crippen LogP contribution in [0.5, 0.6) is 0 Å². The van der Waals surface area contributed by atoms with Crippen molar-refractivity contribution < 1.29 is 4.79 Å². The first kappa shape index (κ1) is 20.0. The molecular formula is C25H20N4O2S. The van der Waals surface area contributed by atoms with Gasteiger partial charge in [0.05, 0.1) is 16.7 Å². The molecule has 0 atom stereocenters. The Morgan fingerprint density at radius 3 is 2.16 bits per heavy atom. The zero-order valence-corrected chi connectivity index (χ0v) is 18.4. The fourth-order valence-electron chi connectivity index (χ4n) is 3.74. The Bertz CT molecular complexity index is 1500. The second kappa shape index (κ2) is 7.94. The average Bonchev–Trinajstić information content (AvgIpc) is 3.37. The highest BCUT2D eigenvalue weighted by molar-refractivity contribution is 7.17. The molecule has 3 aromatic carbocycles. The minimum atomic E-state index is -0.233. The van der Waals surface area contributed by atoms with E-state index < -0.39 is 0 Å². The summed E-state index contributed by atoms with van der Waals surface area (Å²) in [7, 11) is 3.45.